The highest BCUT2D eigenvalue weighted by molar-refractivity contribution is 5.70. The largest absolute Gasteiger partial charge is 0.491 e. The summed E-state index contributed by atoms with van der Waals surface area (Å²) >= 11 is 0. The van der Waals surface area contributed by atoms with Crippen molar-refractivity contribution in [2.75, 3.05) is 6.61 Å². The lowest BCUT2D eigenvalue weighted by Gasteiger charge is -2.27. The quantitative estimate of drug-likeness (QED) is 0.705. The summed E-state index contributed by atoms with van der Waals surface area (Å²) in [5, 5.41) is 0. The van der Waals surface area contributed by atoms with Crippen molar-refractivity contribution in [1.29, 1.82) is 0 Å². The summed E-state index contributed by atoms with van der Waals surface area (Å²) in [4.78, 5) is 14.6. The molecule has 0 aliphatic heterocycles. The number of ether oxygens (including phenoxy) is 2. The van der Waals surface area contributed by atoms with Crippen LogP contribution in [0.1, 0.15) is 32.8 Å². The summed E-state index contributed by atoms with van der Waals surface area (Å²) in [6.45, 7) is 5.64. The number of aromatic nitrogens is 1. The Morgan fingerprint density at radius 2 is 1.83 bits per heavy atom. The number of benzene rings is 1. The normalized spacial score (nSPS) is 13.8. The molecule has 9 heteroatoms. The predicted octanol–water partition coefficient (Wildman–Crippen LogP) is 4.37. The Morgan fingerprint density at radius 1 is 1.17 bits per heavy atom. The molecule has 2 rings (SSSR count). The molecular weight excluding hydrogens is 387 g/mol. The highest BCUT2D eigenvalue weighted by Crippen LogP contribution is 2.39. The molecule has 1 atom stereocenters. The molecular formula is C20H24F3N3O3. The molecule has 0 spiro atoms. The van der Waals surface area contributed by atoms with E-state index in [1.54, 1.807) is 6.92 Å². The number of carbonyl (C=O) groups is 1. The number of nitrogens with zero attached hydrogens (tertiary/aromatic N) is 1. The van der Waals surface area contributed by atoms with Crippen LogP contribution in [-0.2, 0) is 6.18 Å². The van der Waals surface area contributed by atoms with Crippen LogP contribution in [0.5, 0.6) is 11.6 Å². The average molecular weight is 411 g/mol. The summed E-state index contributed by atoms with van der Waals surface area (Å²) in [6, 6.07) is 6.50. The topological polar surface area (TPSA) is 100 Å². The number of pyridine rings is 1. The second-order valence-electron chi connectivity index (χ2n) is 7.55. The lowest BCUT2D eigenvalue weighted by molar-refractivity contribution is -0.139. The van der Waals surface area contributed by atoms with E-state index in [2.05, 4.69) is 9.72 Å². The molecule has 0 aliphatic rings. The number of hydrogen-bond donors (Lipinski definition) is 2. The molecule has 2 aromatic rings. The van der Waals surface area contributed by atoms with Gasteiger partial charge in [0.05, 0.1) is 5.56 Å². The fourth-order valence-corrected chi connectivity index (χ4v) is 3.04. The Labute approximate surface area is 167 Å². The van der Waals surface area contributed by atoms with Gasteiger partial charge in [0.2, 0.25) is 5.88 Å². The summed E-state index contributed by atoms with van der Waals surface area (Å²) in [6.07, 6.45) is -3.79. The van der Waals surface area contributed by atoms with Crippen LogP contribution < -0.4 is 20.9 Å². The van der Waals surface area contributed by atoms with E-state index in [9.17, 15) is 18.0 Å². The van der Waals surface area contributed by atoms with E-state index in [1.165, 1.54) is 30.5 Å². The van der Waals surface area contributed by atoms with Crippen molar-refractivity contribution in [1.82, 2.24) is 4.98 Å². The van der Waals surface area contributed by atoms with E-state index >= 15 is 0 Å². The fraction of sp³-hybridized carbons (Fsp3) is 0.400. The lowest BCUT2D eigenvalue weighted by atomic mass is 9.93. The van der Waals surface area contributed by atoms with Gasteiger partial charge >= 0.3 is 12.3 Å². The van der Waals surface area contributed by atoms with Gasteiger partial charge in [-0.05, 0) is 48.6 Å². The molecule has 1 aromatic heterocycles. The number of nitrogens with two attached hydrogens (primary N) is 2. The summed E-state index contributed by atoms with van der Waals surface area (Å²) in [7, 11) is 0. The van der Waals surface area contributed by atoms with Crippen LogP contribution in [0.15, 0.2) is 36.5 Å². The first-order valence-corrected chi connectivity index (χ1v) is 8.94. The van der Waals surface area contributed by atoms with Gasteiger partial charge in [-0.3, -0.25) is 0 Å². The van der Waals surface area contributed by atoms with Gasteiger partial charge < -0.3 is 20.9 Å². The van der Waals surface area contributed by atoms with Crippen LogP contribution in [0.2, 0.25) is 0 Å². The summed E-state index contributed by atoms with van der Waals surface area (Å²) in [5.41, 5.74) is 10.0. The van der Waals surface area contributed by atoms with Gasteiger partial charge in [-0.25, -0.2) is 9.78 Å². The fourth-order valence-electron chi connectivity index (χ4n) is 3.04. The first kappa shape index (κ1) is 22.5. The van der Waals surface area contributed by atoms with Crippen molar-refractivity contribution in [2.24, 2.45) is 17.4 Å². The Balaban J connectivity index is 2.34. The van der Waals surface area contributed by atoms with Crippen molar-refractivity contribution >= 4 is 6.09 Å². The molecule has 158 valence electrons. The average Bonchev–Trinajstić information content (AvgIpc) is 2.57. The van der Waals surface area contributed by atoms with Crippen LogP contribution >= 0.6 is 0 Å². The highest BCUT2D eigenvalue weighted by Gasteiger charge is 2.35. The minimum absolute atomic E-state index is 0.0561. The number of carbonyl (C=O) groups excluding carboxylic acids is 1. The summed E-state index contributed by atoms with van der Waals surface area (Å²) < 4.78 is 51.0. The van der Waals surface area contributed by atoms with Crippen LogP contribution in [0, 0.1) is 5.92 Å². The molecule has 1 heterocycles. The molecule has 6 nitrogen and oxygen atoms in total. The van der Waals surface area contributed by atoms with Crippen molar-refractivity contribution in [3.8, 4) is 22.8 Å². The number of amides is 1. The standard InChI is InChI=1S/C20H24F3N3O3/c1-12(2)10-19(3,25)11-28-16-5-4-13(8-15(16)20(21,22)23)14-6-7-26-17(9-14)29-18(24)27/h4-9,12H,10-11,25H2,1-3H3,(H2,24,27)/t19-/m0/s1. The van der Waals surface area contributed by atoms with Crippen LogP contribution in [0.25, 0.3) is 11.1 Å². The Hall–Kier alpha value is -2.81. The van der Waals surface area contributed by atoms with Gasteiger partial charge in [0.25, 0.3) is 0 Å². The van der Waals surface area contributed by atoms with Crippen LogP contribution in [0.4, 0.5) is 18.0 Å². The second-order valence-corrected chi connectivity index (χ2v) is 7.55. The molecule has 0 fully saturated rings. The molecule has 0 radical (unpaired) electrons. The minimum atomic E-state index is -4.63. The molecule has 0 aliphatic carbocycles. The monoisotopic (exact) mass is 411 g/mol. The van der Waals surface area contributed by atoms with Crippen molar-refractivity contribution in [3.05, 3.63) is 42.1 Å². The molecule has 29 heavy (non-hydrogen) atoms. The number of halogens is 3. The van der Waals surface area contributed by atoms with Gasteiger partial charge in [0.15, 0.2) is 0 Å². The van der Waals surface area contributed by atoms with E-state index < -0.39 is 23.4 Å². The third kappa shape index (κ3) is 6.63. The molecule has 4 N–H and O–H groups in total. The van der Waals surface area contributed by atoms with Gasteiger partial charge in [-0.1, -0.05) is 19.9 Å². The lowest BCUT2D eigenvalue weighted by Crippen LogP contribution is -2.43. The van der Waals surface area contributed by atoms with E-state index in [0.29, 0.717) is 12.0 Å². The zero-order valence-corrected chi connectivity index (χ0v) is 16.4. The van der Waals surface area contributed by atoms with Gasteiger partial charge in [0.1, 0.15) is 12.4 Å². The van der Waals surface area contributed by atoms with Gasteiger partial charge in [0, 0.05) is 17.8 Å². The van der Waals surface area contributed by atoms with Crippen molar-refractivity contribution in [2.45, 2.75) is 38.9 Å². The Kier molecular flexibility index (Phi) is 6.73. The maximum atomic E-state index is 13.6. The minimum Gasteiger partial charge on any atom is -0.491 e. The third-order valence-corrected chi connectivity index (χ3v) is 3.99. The van der Waals surface area contributed by atoms with Crippen LogP contribution in [0.3, 0.4) is 0 Å². The highest BCUT2D eigenvalue weighted by atomic mass is 19.4. The molecule has 1 amide bonds. The SMILES string of the molecule is CC(C)C[C@](C)(N)COc1ccc(-c2ccnc(OC(N)=O)c2)cc1C(F)(F)F. The predicted molar refractivity (Wildman–Crippen MR) is 102 cm³/mol. The number of hydrogen-bond acceptors (Lipinski definition) is 5. The molecule has 0 bridgehead atoms. The Bertz CT molecular complexity index is 868. The molecule has 1 aromatic carbocycles. The van der Waals surface area contributed by atoms with Crippen molar-refractivity contribution in [3.63, 3.8) is 0 Å². The molecule has 0 saturated heterocycles. The molecule has 0 unspecified atom stereocenters. The zero-order chi connectivity index (χ0) is 21.8. The van der Waals surface area contributed by atoms with Crippen molar-refractivity contribution < 1.29 is 27.4 Å². The van der Waals surface area contributed by atoms with E-state index in [0.717, 1.165) is 6.07 Å². The Morgan fingerprint density at radius 3 is 2.41 bits per heavy atom. The number of rotatable bonds is 7. The smallest absolute Gasteiger partial charge is 0.419 e. The molecule has 0 saturated carbocycles. The third-order valence-electron chi connectivity index (χ3n) is 3.99. The number of alkyl halides is 3. The first-order valence-electron chi connectivity index (χ1n) is 8.94. The zero-order valence-electron chi connectivity index (χ0n) is 16.4. The second kappa shape index (κ2) is 8.69. The maximum absolute atomic E-state index is 13.6. The number of primary amides is 1. The van der Waals surface area contributed by atoms with Crippen LogP contribution in [-0.4, -0.2) is 23.2 Å². The maximum Gasteiger partial charge on any atom is 0.419 e. The van der Waals surface area contributed by atoms with E-state index in [4.69, 9.17) is 16.2 Å². The van der Waals surface area contributed by atoms with Gasteiger partial charge in [-0.15, -0.1) is 0 Å². The van der Waals surface area contributed by atoms with E-state index in [-0.39, 0.29) is 29.7 Å². The van der Waals surface area contributed by atoms with E-state index in [1.807, 2.05) is 13.8 Å². The first-order chi connectivity index (χ1) is 13.4. The van der Waals surface area contributed by atoms with Gasteiger partial charge in [-0.2, -0.15) is 13.2 Å². The summed E-state index contributed by atoms with van der Waals surface area (Å²) in [5.74, 6) is -0.137.